The Hall–Kier alpha value is -1.76. The number of esters is 1. The second-order valence-electron chi connectivity index (χ2n) is 12.3. The van der Waals surface area contributed by atoms with Crippen molar-refractivity contribution in [1.82, 2.24) is 0 Å². The first kappa shape index (κ1) is 23.6. The molecule has 1 N–H and O–H groups in total. The molecule has 4 aliphatic carbocycles. The molecule has 0 bridgehead atoms. The number of rotatable bonds is 2. The van der Waals surface area contributed by atoms with E-state index in [1.165, 1.54) is 0 Å². The number of fused-ring (bicyclic) bond motifs is 4. The molecule has 6 nitrogen and oxygen atoms in total. The van der Waals surface area contributed by atoms with Crippen LogP contribution in [0.2, 0.25) is 0 Å². The summed E-state index contributed by atoms with van der Waals surface area (Å²) >= 11 is 0. The molecule has 3 fully saturated rings. The Labute approximate surface area is 207 Å². The van der Waals surface area contributed by atoms with E-state index in [4.69, 9.17) is 14.2 Å². The van der Waals surface area contributed by atoms with Crippen LogP contribution in [0.5, 0.6) is 0 Å². The largest absolute Gasteiger partial charge is 0.456 e. The lowest BCUT2D eigenvalue weighted by Gasteiger charge is -2.57. The molecule has 0 aromatic carbocycles. The van der Waals surface area contributed by atoms with Gasteiger partial charge in [0.25, 0.3) is 0 Å². The van der Waals surface area contributed by atoms with Crippen molar-refractivity contribution in [3.8, 4) is 0 Å². The van der Waals surface area contributed by atoms with E-state index < -0.39 is 17.1 Å². The van der Waals surface area contributed by atoms with Gasteiger partial charge in [0.1, 0.15) is 11.7 Å². The zero-order valence-corrected chi connectivity index (χ0v) is 21.5. The van der Waals surface area contributed by atoms with Crippen LogP contribution in [-0.2, 0) is 23.8 Å². The third-order valence-electron chi connectivity index (χ3n) is 11.3. The van der Waals surface area contributed by atoms with Gasteiger partial charge in [0.15, 0.2) is 12.1 Å². The summed E-state index contributed by atoms with van der Waals surface area (Å²) in [5.74, 6) is 1.01. The molecule has 0 unspecified atom stereocenters. The highest BCUT2D eigenvalue weighted by Crippen LogP contribution is 2.72. The molecule has 6 aliphatic rings. The summed E-state index contributed by atoms with van der Waals surface area (Å²) in [6.07, 6.45) is 9.47. The number of carbonyl (C=O) groups is 2. The second-order valence-corrected chi connectivity index (χ2v) is 12.3. The monoisotopic (exact) mass is 482 g/mol. The quantitative estimate of drug-likeness (QED) is 0.468. The summed E-state index contributed by atoms with van der Waals surface area (Å²) in [4.78, 5) is 25.9. The van der Waals surface area contributed by atoms with Gasteiger partial charge in [0.2, 0.25) is 0 Å². The maximum atomic E-state index is 13.2. The minimum atomic E-state index is -0.670. The minimum absolute atomic E-state index is 0.122. The summed E-state index contributed by atoms with van der Waals surface area (Å²) in [5, 5.41) is 10.7. The van der Waals surface area contributed by atoms with Gasteiger partial charge < -0.3 is 19.3 Å². The van der Waals surface area contributed by atoms with E-state index in [9.17, 15) is 14.7 Å². The Bertz CT molecular complexity index is 1070. The van der Waals surface area contributed by atoms with Crippen LogP contribution in [-0.4, -0.2) is 48.1 Å². The van der Waals surface area contributed by atoms with Gasteiger partial charge >= 0.3 is 5.97 Å². The van der Waals surface area contributed by atoms with Crippen molar-refractivity contribution in [3.63, 3.8) is 0 Å². The van der Waals surface area contributed by atoms with Crippen molar-refractivity contribution in [2.24, 2.45) is 34.5 Å². The van der Waals surface area contributed by atoms with E-state index in [0.717, 1.165) is 43.3 Å². The van der Waals surface area contributed by atoms with Crippen molar-refractivity contribution in [1.29, 1.82) is 0 Å². The first-order chi connectivity index (χ1) is 16.6. The van der Waals surface area contributed by atoms with Gasteiger partial charge in [-0.15, -0.1) is 0 Å². The summed E-state index contributed by atoms with van der Waals surface area (Å²) in [5.41, 5.74) is 1.26. The summed E-state index contributed by atoms with van der Waals surface area (Å²) < 4.78 is 18.9. The molecule has 35 heavy (non-hydrogen) atoms. The summed E-state index contributed by atoms with van der Waals surface area (Å²) in [6.45, 7) is 8.04. The molecular formula is C29H38O6. The van der Waals surface area contributed by atoms with Crippen LogP contribution in [0.4, 0.5) is 0 Å². The maximum absolute atomic E-state index is 13.2. The van der Waals surface area contributed by atoms with Gasteiger partial charge in [0.05, 0.1) is 11.5 Å². The number of hydrogen-bond donors (Lipinski definition) is 1. The average molecular weight is 483 g/mol. The van der Waals surface area contributed by atoms with Gasteiger partial charge in [-0.05, 0) is 95.3 Å². The van der Waals surface area contributed by atoms with E-state index in [2.05, 4.69) is 19.9 Å². The van der Waals surface area contributed by atoms with Crippen molar-refractivity contribution >= 4 is 11.8 Å². The number of carbonyl (C=O) groups excluding carboxylic acids is 2. The Morgan fingerprint density at radius 1 is 1.11 bits per heavy atom. The molecule has 1 saturated heterocycles. The average Bonchev–Trinajstić information content (AvgIpc) is 3.34. The smallest absolute Gasteiger partial charge is 0.334 e. The van der Waals surface area contributed by atoms with E-state index in [0.29, 0.717) is 23.8 Å². The van der Waals surface area contributed by atoms with Gasteiger partial charge in [-0.2, -0.15) is 0 Å². The van der Waals surface area contributed by atoms with Crippen molar-refractivity contribution in [3.05, 3.63) is 34.9 Å². The van der Waals surface area contributed by atoms with Crippen molar-refractivity contribution in [2.45, 2.75) is 90.3 Å². The number of ether oxygens (including phenoxy) is 3. The maximum Gasteiger partial charge on any atom is 0.334 e. The molecule has 2 aliphatic heterocycles. The first-order valence-corrected chi connectivity index (χ1v) is 13.3. The molecule has 6 rings (SSSR count). The number of aliphatic hydroxyl groups is 1. The molecule has 2 saturated carbocycles. The molecule has 2 heterocycles. The minimum Gasteiger partial charge on any atom is -0.456 e. The number of aliphatic hydroxyl groups excluding tert-OH is 1. The normalized spacial score (nSPS) is 50.8. The third-order valence-corrected chi connectivity index (χ3v) is 11.3. The van der Waals surface area contributed by atoms with E-state index in [1.54, 1.807) is 19.3 Å². The lowest BCUT2D eigenvalue weighted by atomic mass is 9.46. The highest BCUT2D eigenvalue weighted by atomic mass is 16.7. The van der Waals surface area contributed by atoms with Crippen LogP contribution in [0, 0.1) is 34.5 Å². The van der Waals surface area contributed by atoms with E-state index in [-0.39, 0.29) is 41.4 Å². The number of cyclic esters (lactones) is 1. The Balaban J connectivity index is 1.38. The Kier molecular flexibility index (Phi) is 5.15. The number of ketones is 1. The van der Waals surface area contributed by atoms with Crippen LogP contribution < -0.4 is 0 Å². The van der Waals surface area contributed by atoms with Crippen LogP contribution in [0.3, 0.4) is 0 Å². The van der Waals surface area contributed by atoms with Gasteiger partial charge in [0, 0.05) is 30.4 Å². The van der Waals surface area contributed by atoms with Crippen LogP contribution in [0.25, 0.3) is 0 Å². The Morgan fingerprint density at radius 2 is 1.89 bits per heavy atom. The highest BCUT2D eigenvalue weighted by Gasteiger charge is 2.73. The van der Waals surface area contributed by atoms with E-state index in [1.807, 2.05) is 13.8 Å². The molecular weight excluding hydrogens is 444 g/mol. The lowest BCUT2D eigenvalue weighted by molar-refractivity contribution is -0.226. The molecule has 0 radical (unpaired) electrons. The molecule has 190 valence electrons. The van der Waals surface area contributed by atoms with Crippen molar-refractivity contribution in [2.75, 3.05) is 7.11 Å². The van der Waals surface area contributed by atoms with Crippen molar-refractivity contribution < 1.29 is 28.9 Å². The summed E-state index contributed by atoms with van der Waals surface area (Å²) in [7, 11) is 1.73. The molecule has 1 spiro atoms. The molecule has 0 amide bonds. The third kappa shape index (κ3) is 2.82. The highest BCUT2D eigenvalue weighted by molar-refractivity contribution is 5.99. The SMILES string of the molecule is CO[C@H]1O[C@@](C)([C@H]2CC(C)=C(C)C(=O)O2)[C@H]2CC[C@H]3[C@@H]4CC=C5[C@@H](O)C=CC(=O)[C@]5(C)[C@H]4CC[C@]123. The van der Waals surface area contributed by atoms with Gasteiger partial charge in [-0.25, -0.2) is 4.79 Å². The van der Waals surface area contributed by atoms with Gasteiger partial charge in [-0.3, -0.25) is 4.79 Å². The number of hydrogen-bond acceptors (Lipinski definition) is 6. The standard InChI is InChI=1S/C29H38O6/c1-15-14-24(34-25(32)16(15)2)28(4)22-10-8-19-17-6-7-20-21(30)9-11-23(31)27(20,3)18(17)12-13-29(19,22)26(33-5)35-28/h7,9,11,17-19,21-22,24,26,30H,6,8,10,12-14H2,1-5H3/t17-,18+,19+,21+,22-,24-,26+,27-,28-,29-/m1/s1. The van der Waals surface area contributed by atoms with Crippen LogP contribution in [0.15, 0.2) is 34.9 Å². The molecule has 6 heteroatoms. The second kappa shape index (κ2) is 7.62. The van der Waals surface area contributed by atoms with E-state index >= 15 is 0 Å². The zero-order chi connectivity index (χ0) is 24.9. The van der Waals surface area contributed by atoms with Gasteiger partial charge in [-0.1, -0.05) is 11.6 Å². The topological polar surface area (TPSA) is 82.1 Å². The van der Waals surface area contributed by atoms with Crippen LogP contribution in [0.1, 0.15) is 66.2 Å². The number of allylic oxidation sites excluding steroid dienone is 2. The molecule has 0 aromatic heterocycles. The predicted molar refractivity (Wildman–Crippen MR) is 129 cm³/mol. The fourth-order valence-electron chi connectivity index (χ4n) is 9.41. The molecule has 10 atom stereocenters. The number of methoxy groups -OCH3 is 1. The van der Waals surface area contributed by atoms with Crippen LogP contribution >= 0.6 is 0 Å². The fraction of sp³-hybridized carbons (Fsp3) is 0.724. The summed E-state index contributed by atoms with van der Waals surface area (Å²) in [6, 6.07) is 0. The lowest BCUT2D eigenvalue weighted by Crippen LogP contribution is -2.56. The molecule has 0 aromatic rings. The Morgan fingerprint density at radius 3 is 2.60 bits per heavy atom. The zero-order valence-electron chi connectivity index (χ0n) is 21.5. The predicted octanol–water partition coefficient (Wildman–Crippen LogP) is 4.27. The first-order valence-electron chi connectivity index (χ1n) is 13.3. The fourth-order valence-corrected chi connectivity index (χ4v) is 9.41.